The van der Waals surface area contributed by atoms with Crippen molar-refractivity contribution in [2.75, 3.05) is 26.2 Å². The molecule has 2 N–H and O–H groups in total. The molecule has 0 spiro atoms. The van der Waals surface area contributed by atoms with E-state index in [9.17, 15) is 19.1 Å². The minimum atomic E-state index is -1.25. The molecule has 1 aromatic carbocycles. The van der Waals surface area contributed by atoms with E-state index in [2.05, 4.69) is 15.6 Å². The smallest absolute Gasteiger partial charge is 0.240 e. The quantitative estimate of drug-likeness (QED) is 0.357. The minimum absolute atomic E-state index is 0.167. The van der Waals surface area contributed by atoms with Gasteiger partial charge in [-0.25, -0.2) is 9.07 Å². The maximum Gasteiger partial charge on any atom is 0.240 e. The molecule has 10 heteroatoms. The van der Waals surface area contributed by atoms with Crippen LogP contribution in [0.1, 0.15) is 50.3 Å². The molecule has 9 nitrogen and oxygen atoms in total. The van der Waals surface area contributed by atoms with Crippen LogP contribution in [0.5, 0.6) is 5.75 Å². The predicted molar refractivity (Wildman–Crippen MR) is 121 cm³/mol. The van der Waals surface area contributed by atoms with Crippen LogP contribution in [0.2, 0.25) is 0 Å². The van der Waals surface area contributed by atoms with E-state index in [4.69, 9.17) is 4.74 Å². The molecule has 0 unspecified atom stereocenters. The summed E-state index contributed by atoms with van der Waals surface area (Å²) in [5, 5.41) is 21.9. The lowest BCUT2D eigenvalue weighted by molar-refractivity contribution is -0.136. The molecule has 34 heavy (non-hydrogen) atoms. The SMILES string of the molecule is CC[C@@](O)(Cn1nncc1CCCCN1CC(=O)NC(=O)C1)c1ccc(F)c(OCC2CC2)c1. The van der Waals surface area contributed by atoms with Crippen molar-refractivity contribution in [2.45, 2.75) is 57.6 Å². The van der Waals surface area contributed by atoms with Crippen LogP contribution in [0.15, 0.2) is 24.4 Å². The van der Waals surface area contributed by atoms with E-state index in [-0.39, 0.29) is 37.2 Å². The summed E-state index contributed by atoms with van der Waals surface area (Å²) in [6, 6.07) is 4.52. The summed E-state index contributed by atoms with van der Waals surface area (Å²) in [5.74, 6) is -0.297. The van der Waals surface area contributed by atoms with Gasteiger partial charge in [-0.15, -0.1) is 5.10 Å². The van der Waals surface area contributed by atoms with E-state index < -0.39 is 11.4 Å². The minimum Gasteiger partial charge on any atom is -0.490 e. The van der Waals surface area contributed by atoms with E-state index in [0.29, 0.717) is 37.5 Å². The highest BCUT2D eigenvalue weighted by atomic mass is 19.1. The first-order valence-electron chi connectivity index (χ1n) is 11.9. The van der Waals surface area contributed by atoms with Gasteiger partial charge in [0.25, 0.3) is 0 Å². The molecule has 2 fully saturated rings. The van der Waals surface area contributed by atoms with Gasteiger partial charge in [-0.05, 0) is 68.7 Å². The summed E-state index contributed by atoms with van der Waals surface area (Å²) in [6.45, 7) is 3.68. The summed E-state index contributed by atoms with van der Waals surface area (Å²) in [5.41, 5.74) is 0.207. The number of imide groups is 1. The fourth-order valence-electron chi connectivity index (χ4n) is 4.15. The molecule has 4 rings (SSSR count). The molecule has 0 radical (unpaired) electrons. The molecule has 1 aliphatic carbocycles. The number of rotatable bonds is 12. The number of benzene rings is 1. The summed E-state index contributed by atoms with van der Waals surface area (Å²) in [6.07, 6.45) is 6.64. The predicted octanol–water partition coefficient (Wildman–Crippen LogP) is 1.78. The molecule has 184 valence electrons. The maximum atomic E-state index is 14.2. The molecule has 2 aliphatic rings. The second-order valence-electron chi connectivity index (χ2n) is 9.31. The molecule has 1 aromatic heterocycles. The Morgan fingerprint density at radius 3 is 2.71 bits per heavy atom. The number of nitrogens with one attached hydrogen (secondary N) is 1. The fourth-order valence-corrected chi connectivity index (χ4v) is 4.15. The standard InChI is InChI=1S/C24H32FN5O4/c1-2-24(33,18-8-9-20(25)21(11-18)34-15-17-6-7-17)16-30-19(12-26-28-30)5-3-4-10-29-13-22(31)27-23(32)14-29/h8-9,11-12,17,33H,2-7,10,13-16H2,1H3,(H,27,31,32)/t24-/m1/s1. The molecule has 1 aliphatic heterocycles. The molecular weight excluding hydrogens is 441 g/mol. The zero-order chi connectivity index (χ0) is 24.1. The Labute approximate surface area is 198 Å². The number of piperazine rings is 1. The zero-order valence-corrected chi connectivity index (χ0v) is 19.5. The average molecular weight is 474 g/mol. The van der Waals surface area contributed by atoms with Crippen molar-refractivity contribution in [3.05, 3.63) is 41.5 Å². The largest absolute Gasteiger partial charge is 0.490 e. The van der Waals surface area contributed by atoms with E-state index in [1.807, 2.05) is 11.8 Å². The molecule has 0 bridgehead atoms. The molecule has 2 amide bonds. The topological polar surface area (TPSA) is 110 Å². The average Bonchev–Trinajstić information content (AvgIpc) is 3.54. The number of unbranched alkanes of at least 4 members (excludes halogenated alkanes) is 1. The number of halogens is 1. The summed E-state index contributed by atoms with van der Waals surface area (Å²) in [4.78, 5) is 24.8. The van der Waals surface area contributed by atoms with E-state index >= 15 is 0 Å². The van der Waals surface area contributed by atoms with Gasteiger partial charge in [0.15, 0.2) is 11.6 Å². The van der Waals surface area contributed by atoms with Crippen molar-refractivity contribution in [3.63, 3.8) is 0 Å². The number of aryl methyl sites for hydroxylation is 1. The monoisotopic (exact) mass is 473 g/mol. The Balaban J connectivity index is 1.35. The lowest BCUT2D eigenvalue weighted by Crippen LogP contribution is -2.51. The molecule has 1 saturated heterocycles. The Hall–Kier alpha value is -2.85. The highest BCUT2D eigenvalue weighted by molar-refractivity contribution is 5.99. The number of carbonyl (C=O) groups excluding carboxylic acids is 2. The summed E-state index contributed by atoms with van der Waals surface area (Å²) in [7, 11) is 0. The third-order valence-corrected chi connectivity index (χ3v) is 6.50. The van der Waals surface area contributed by atoms with Crippen molar-refractivity contribution >= 4 is 11.8 Å². The van der Waals surface area contributed by atoms with Crippen LogP contribution >= 0.6 is 0 Å². The van der Waals surface area contributed by atoms with Gasteiger partial charge in [0, 0.05) is 0 Å². The number of nitrogens with zero attached hydrogens (tertiary/aromatic N) is 4. The third kappa shape index (κ3) is 6.18. The highest BCUT2D eigenvalue weighted by Gasteiger charge is 2.31. The van der Waals surface area contributed by atoms with Gasteiger partial charge in [-0.2, -0.15) is 0 Å². The number of hydrogen-bond donors (Lipinski definition) is 2. The van der Waals surface area contributed by atoms with Crippen molar-refractivity contribution in [2.24, 2.45) is 5.92 Å². The summed E-state index contributed by atoms with van der Waals surface area (Å²) < 4.78 is 21.6. The second-order valence-corrected chi connectivity index (χ2v) is 9.31. The van der Waals surface area contributed by atoms with Crippen molar-refractivity contribution < 1.29 is 23.8 Å². The Kier molecular flexibility index (Phi) is 7.57. The van der Waals surface area contributed by atoms with Gasteiger partial charge < -0.3 is 9.84 Å². The Morgan fingerprint density at radius 2 is 2.00 bits per heavy atom. The van der Waals surface area contributed by atoms with Crippen molar-refractivity contribution in [1.82, 2.24) is 25.2 Å². The highest BCUT2D eigenvalue weighted by Crippen LogP contribution is 2.33. The van der Waals surface area contributed by atoms with Crippen molar-refractivity contribution in [3.8, 4) is 5.75 Å². The number of amides is 2. The molecule has 1 saturated carbocycles. The van der Waals surface area contributed by atoms with Crippen LogP contribution in [0.4, 0.5) is 4.39 Å². The Bertz CT molecular complexity index is 1010. The Morgan fingerprint density at radius 1 is 1.24 bits per heavy atom. The lowest BCUT2D eigenvalue weighted by atomic mass is 9.90. The maximum absolute atomic E-state index is 14.2. The van der Waals surface area contributed by atoms with E-state index in [0.717, 1.165) is 31.4 Å². The van der Waals surface area contributed by atoms with Crippen LogP contribution in [0.3, 0.4) is 0 Å². The van der Waals surface area contributed by atoms with E-state index in [1.165, 1.54) is 6.07 Å². The number of hydrogen-bond acceptors (Lipinski definition) is 7. The van der Waals surface area contributed by atoms with Gasteiger partial charge >= 0.3 is 0 Å². The first-order chi connectivity index (χ1) is 16.4. The van der Waals surface area contributed by atoms with Crippen LogP contribution in [0.25, 0.3) is 0 Å². The fraction of sp³-hybridized carbons (Fsp3) is 0.583. The summed E-state index contributed by atoms with van der Waals surface area (Å²) >= 11 is 0. The van der Waals surface area contributed by atoms with Crippen LogP contribution in [-0.2, 0) is 28.2 Å². The molecule has 1 atom stereocenters. The van der Waals surface area contributed by atoms with Crippen molar-refractivity contribution in [1.29, 1.82) is 0 Å². The van der Waals surface area contributed by atoms with Gasteiger partial charge in [0.1, 0.15) is 5.60 Å². The third-order valence-electron chi connectivity index (χ3n) is 6.50. The zero-order valence-electron chi connectivity index (χ0n) is 19.5. The van der Waals surface area contributed by atoms with Gasteiger partial charge in [-0.1, -0.05) is 18.2 Å². The van der Waals surface area contributed by atoms with Crippen LogP contribution in [-0.4, -0.2) is 63.1 Å². The normalized spacial score (nSPS) is 18.6. The molecular formula is C24H32FN5O4. The van der Waals surface area contributed by atoms with Crippen LogP contribution < -0.4 is 10.1 Å². The second kappa shape index (κ2) is 10.6. The number of carbonyl (C=O) groups is 2. The number of aromatic nitrogens is 3. The van der Waals surface area contributed by atoms with Gasteiger partial charge in [0.2, 0.25) is 11.8 Å². The van der Waals surface area contributed by atoms with Gasteiger partial charge in [-0.3, -0.25) is 19.8 Å². The first kappa shape index (κ1) is 24.3. The van der Waals surface area contributed by atoms with Gasteiger partial charge in [0.05, 0.1) is 38.1 Å². The first-order valence-corrected chi connectivity index (χ1v) is 11.9. The lowest BCUT2D eigenvalue weighted by Gasteiger charge is -2.28. The van der Waals surface area contributed by atoms with Crippen LogP contribution in [0, 0.1) is 11.7 Å². The van der Waals surface area contributed by atoms with E-state index in [1.54, 1.807) is 23.0 Å². The number of ether oxygens (including phenoxy) is 1. The molecule has 2 heterocycles. The molecule has 2 aromatic rings. The number of aliphatic hydroxyl groups is 1.